The van der Waals surface area contributed by atoms with Crippen LogP contribution in [0.3, 0.4) is 0 Å². The van der Waals surface area contributed by atoms with Crippen LogP contribution in [0.2, 0.25) is 0 Å². The predicted octanol–water partition coefficient (Wildman–Crippen LogP) is 3.52. The van der Waals surface area contributed by atoms with E-state index in [1.165, 1.54) is 23.7 Å². The highest BCUT2D eigenvalue weighted by Gasteiger charge is 2.04. The van der Waals surface area contributed by atoms with Gasteiger partial charge in [-0.25, -0.2) is 4.79 Å². The van der Waals surface area contributed by atoms with Crippen LogP contribution >= 0.6 is 23.1 Å². The molecule has 1 heterocycles. The Morgan fingerprint density at radius 1 is 1.25 bits per heavy atom. The largest absolute Gasteiger partial charge is 0.468 e. The molecule has 0 atom stereocenters. The molecule has 0 saturated carbocycles. The van der Waals surface area contributed by atoms with E-state index in [1.807, 2.05) is 35.7 Å². The number of carbonyl (C=O) groups excluding carboxylic acids is 2. The van der Waals surface area contributed by atoms with Gasteiger partial charge in [0.2, 0.25) is 0 Å². The number of urea groups is 1. The Balaban J connectivity index is 1.74. The molecule has 7 heteroatoms. The summed E-state index contributed by atoms with van der Waals surface area (Å²) < 4.78 is 4.60. The average Bonchev–Trinajstić information content (AvgIpc) is 3.08. The third kappa shape index (κ3) is 6.64. The van der Waals surface area contributed by atoms with Crippen LogP contribution in [0.25, 0.3) is 0 Å². The molecule has 0 saturated heterocycles. The molecule has 1 aromatic heterocycles. The first-order chi connectivity index (χ1) is 11.7. The van der Waals surface area contributed by atoms with E-state index in [4.69, 9.17) is 0 Å². The Morgan fingerprint density at radius 2 is 2.12 bits per heavy atom. The summed E-state index contributed by atoms with van der Waals surface area (Å²) in [6, 6.07) is 11.4. The number of hydrogen-bond acceptors (Lipinski definition) is 5. The van der Waals surface area contributed by atoms with Crippen LogP contribution in [0.4, 0.5) is 10.5 Å². The van der Waals surface area contributed by atoms with Gasteiger partial charge in [0.05, 0.1) is 12.9 Å². The van der Waals surface area contributed by atoms with Crippen molar-refractivity contribution >= 4 is 40.8 Å². The highest BCUT2D eigenvalue weighted by Crippen LogP contribution is 2.16. The number of thiophene rings is 1. The van der Waals surface area contributed by atoms with Crippen molar-refractivity contribution in [1.29, 1.82) is 0 Å². The van der Waals surface area contributed by atoms with E-state index in [0.29, 0.717) is 18.1 Å². The Morgan fingerprint density at radius 3 is 2.88 bits per heavy atom. The number of rotatable bonds is 8. The molecule has 0 aliphatic rings. The molecule has 128 valence electrons. The number of methoxy groups -OCH3 is 1. The number of esters is 1. The number of benzene rings is 1. The standard InChI is InChI=1S/C17H20N2O3S2/c1-22-16(20)12-23-11-13-4-2-5-14(10-13)19-17(21)18-8-7-15-6-3-9-24-15/h2-6,9-10H,7-8,11-12H2,1H3,(H2,18,19,21). The van der Waals surface area contributed by atoms with Crippen LogP contribution in [0.1, 0.15) is 10.4 Å². The maximum absolute atomic E-state index is 11.9. The van der Waals surface area contributed by atoms with E-state index in [0.717, 1.165) is 17.7 Å². The van der Waals surface area contributed by atoms with Crippen LogP contribution in [0.5, 0.6) is 0 Å². The lowest BCUT2D eigenvalue weighted by Crippen LogP contribution is -2.30. The number of thioether (sulfide) groups is 1. The highest BCUT2D eigenvalue weighted by atomic mass is 32.2. The topological polar surface area (TPSA) is 67.4 Å². The fraction of sp³-hybridized carbons (Fsp3) is 0.294. The fourth-order valence-electron chi connectivity index (χ4n) is 1.98. The van der Waals surface area contributed by atoms with Crippen LogP contribution < -0.4 is 10.6 Å². The SMILES string of the molecule is COC(=O)CSCc1cccc(NC(=O)NCCc2cccs2)c1. The lowest BCUT2D eigenvalue weighted by molar-refractivity contribution is -0.137. The number of carbonyl (C=O) groups is 2. The van der Waals surface area contributed by atoms with Crippen molar-refractivity contribution in [2.75, 3.05) is 24.7 Å². The first kappa shape index (κ1) is 18.4. The fourth-order valence-corrected chi connectivity index (χ4v) is 3.49. The van der Waals surface area contributed by atoms with E-state index in [-0.39, 0.29) is 12.0 Å². The van der Waals surface area contributed by atoms with Gasteiger partial charge in [0, 0.05) is 22.9 Å². The molecule has 0 bridgehead atoms. The van der Waals surface area contributed by atoms with Crippen LogP contribution in [-0.2, 0) is 21.7 Å². The Labute approximate surface area is 149 Å². The molecule has 0 unspecified atom stereocenters. The normalized spacial score (nSPS) is 10.2. The monoisotopic (exact) mass is 364 g/mol. The van der Waals surface area contributed by atoms with Crippen molar-refractivity contribution in [2.45, 2.75) is 12.2 Å². The molecule has 0 aliphatic heterocycles. The summed E-state index contributed by atoms with van der Waals surface area (Å²) in [5.74, 6) is 0.765. The van der Waals surface area contributed by atoms with Gasteiger partial charge < -0.3 is 15.4 Å². The molecule has 1 aromatic carbocycles. The van der Waals surface area contributed by atoms with E-state index >= 15 is 0 Å². The first-order valence-corrected chi connectivity index (χ1v) is 9.51. The van der Waals surface area contributed by atoms with Crippen molar-refractivity contribution in [3.8, 4) is 0 Å². The first-order valence-electron chi connectivity index (χ1n) is 7.48. The zero-order valence-corrected chi connectivity index (χ0v) is 15.0. The molecular formula is C17H20N2O3S2. The quantitative estimate of drug-likeness (QED) is 0.703. The number of nitrogens with one attached hydrogen (secondary N) is 2. The number of amides is 2. The van der Waals surface area contributed by atoms with Gasteiger partial charge in [0.15, 0.2) is 0 Å². The van der Waals surface area contributed by atoms with Crippen molar-refractivity contribution in [3.63, 3.8) is 0 Å². The summed E-state index contributed by atoms with van der Waals surface area (Å²) in [6.45, 7) is 0.598. The number of hydrogen-bond donors (Lipinski definition) is 2. The second-order valence-electron chi connectivity index (χ2n) is 4.98. The zero-order valence-electron chi connectivity index (χ0n) is 13.4. The van der Waals surface area contributed by atoms with Gasteiger partial charge in [-0.1, -0.05) is 18.2 Å². The van der Waals surface area contributed by atoms with Crippen molar-refractivity contribution in [1.82, 2.24) is 5.32 Å². The molecule has 2 rings (SSSR count). The molecule has 5 nitrogen and oxygen atoms in total. The molecule has 0 radical (unpaired) electrons. The van der Waals surface area contributed by atoms with Crippen molar-refractivity contribution < 1.29 is 14.3 Å². The zero-order chi connectivity index (χ0) is 17.2. The van der Waals surface area contributed by atoms with Gasteiger partial charge in [0.1, 0.15) is 0 Å². The second kappa shape index (κ2) is 10.00. The van der Waals surface area contributed by atoms with Gasteiger partial charge in [-0.3, -0.25) is 4.79 Å². The Hall–Kier alpha value is -1.99. The van der Waals surface area contributed by atoms with Gasteiger partial charge in [-0.05, 0) is 35.6 Å². The minimum Gasteiger partial charge on any atom is -0.468 e. The average molecular weight is 364 g/mol. The summed E-state index contributed by atoms with van der Waals surface area (Å²) in [5, 5.41) is 7.70. The van der Waals surface area contributed by atoms with Gasteiger partial charge in [-0.2, -0.15) is 0 Å². The minimum atomic E-state index is -0.237. The third-order valence-electron chi connectivity index (χ3n) is 3.14. The smallest absolute Gasteiger partial charge is 0.319 e. The summed E-state index contributed by atoms with van der Waals surface area (Å²) in [7, 11) is 1.38. The van der Waals surface area contributed by atoms with Crippen molar-refractivity contribution in [2.24, 2.45) is 0 Å². The third-order valence-corrected chi connectivity index (χ3v) is 5.05. The van der Waals surface area contributed by atoms with Crippen molar-refractivity contribution in [3.05, 3.63) is 52.2 Å². The van der Waals surface area contributed by atoms with E-state index < -0.39 is 0 Å². The Bertz CT molecular complexity index is 660. The van der Waals surface area contributed by atoms with E-state index in [9.17, 15) is 9.59 Å². The van der Waals surface area contributed by atoms with Gasteiger partial charge in [-0.15, -0.1) is 23.1 Å². The highest BCUT2D eigenvalue weighted by molar-refractivity contribution is 7.99. The van der Waals surface area contributed by atoms with Gasteiger partial charge in [0.25, 0.3) is 0 Å². The molecular weight excluding hydrogens is 344 g/mol. The summed E-state index contributed by atoms with van der Waals surface area (Å²) in [5.41, 5.74) is 1.78. The van der Waals surface area contributed by atoms with E-state index in [2.05, 4.69) is 21.4 Å². The predicted molar refractivity (Wildman–Crippen MR) is 99.7 cm³/mol. The van der Waals surface area contributed by atoms with Crippen LogP contribution in [0.15, 0.2) is 41.8 Å². The summed E-state index contributed by atoms with van der Waals surface area (Å²) in [6.07, 6.45) is 0.829. The summed E-state index contributed by atoms with van der Waals surface area (Å²) in [4.78, 5) is 24.3. The molecule has 24 heavy (non-hydrogen) atoms. The molecule has 0 aliphatic carbocycles. The molecule has 0 spiro atoms. The molecule has 2 amide bonds. The summed E-state index contributed by atoms with van der Waals surface area (Å²) >= 11 is 3.16. The minimum absolute atomic E-state index is 0.217. The van der Waals surface area contributed by atoms with Crippen LogP contribution in [-0.4, -0.2) is 31.4 Å². The lowest BCUT2D eigenvalue weighted by Gasteiger charge is -2.09. The van der Waals surface area contributed by atoms with Gasteiger partial charge >= 0.3 is 12.0 Å². The second-order valence-corrected chi connectivity index (χ2v) is 7.00. The maximum atomic E-state index is 11.9. The number of anilines is 1. The molecule has 2 aromatic rings. The molecule has 2 N–H and O–H groups in total. The van der Waals surface area contributed by atoms with E-state index in [1.54, 1.807) is 11.3 Å². The Kier molecular flexibility index (Phi) is 7.64. The van der Waals surface area contributed by atoms with Crippen LogP contribution in [0, 0.1) is 0 Å². The maximum Gasteiger partial charge on any atom is 0.319 e. The molecule has 0 fully saturated rings. The lowest BCUT2D eigenvalue weighted by atomic mass is 10.2. The number of ether oxygens (including phenoxy) is 1.